The van der Waals surface area contributed by atoms with Crippen molar-refractivity contribution in [3.8, 4) is 5.75 Å². The average Bonchev–Trinajstić information content (AvgIpc) is 3.63. The Hall–Kier alpha value is -4.80. The van der Waals surface area contributed by atoms with Gasteiger partial charge in [-0.05, 0) is 101 Å². The van der Waals surface area contributed by atoms with Gasteiger partial charge < -0.3 is 35.1 Å². The van der Waals surface area contributed by atoms with Crippen molar-refractivity contribution in [2.45, 2.75) is 114 Å². The minimum absolute atomic E-state index is 0.164. The zero-order valence-corrected chi connectivity index (χ0v) is 35.0. The van der Waals surface area contributed by atoms with Crippen LogP contribution in [0.15, 0.2) is 101 Å². The van der Waals surface area contributed by atoms with E-state index in [9.17, 15) is 19.8 Å². The molecule has 9 nitrogen and oxygen atoms in total. The van der Waals surface area contributed by atoms with Crippen LogP contribution in [0.4, 0.5) is 0 Å². The quantitative estimate of drug-likeness (QED) is 0.113. The molecule has 4 N–H and O–H groups in total. The van der Waals surface area contributed by atoms with Gasteiger partial charge in [-0.15, -0.1) is 0 Å². The second-order valence-electron chi connectivity index (χ2n) is 16.3. The average molecular weight is 787 g/mol. The van der Waals surface area contributed by atoms with Gasteiger partial charge in [0.2, 0.25) is 11.6 Å². The topological polar surface area (TPSA) is 126 Å². The van der Waals surface area contributed by atoms with Gasteiger partial charge in [-0.2, -0.15) is 0 Å². The van der Waals surface area contributed by atoms with Crippen LogP contribution in [0, 0.1) is 0 Å². The Labute approximate surface area is 342 Å². The number of ether oxygens (including phenoxy) is 3. The van der Waals surface area contributed by atoms with Crippen molar-refractivity contribution < 1.29 is 34.0 Å². The number of benzene rings is 3. The monoisotopic (exact) mass is 786 g/mol. The fourth-order valence-electron chi connectivity index (χ4n) is 10.6. The normalized spacial score (nSPS) is 22.4. The fourth-order valence-corrected chi connectivity index (χ4v) is 10.6. The number of hydrogen-bond donors (Lipinski definition) is 4. The van der Waals surface area contributed by atoms with E-state index in [1.807, 2.05) is 24.3 Å². The SMILES string of the molecule is CCCC1(CCC)C2=C(C=C(NC(=O)c3ccc(C(=O)NC4=CC5=C(CC4(O)OC)C(CCC)(CCC)c4ccccc45)c(OC)c3)C(O)(OC)C2)c2ccccc21. The van der Waals surface area contributed by atoms with E-state index < -0.39 is 23.4 Å². The molecule has 0 saturated heterocycles. The summed E-state index contributed by atoms with van der Waals surface area (Å²) < 4.78 is 17.2. The van der Waals surface area contributed by atoms with Gasteiger partial charge in [-0.1, -0.05) is 102 Å². The van der Waals surface area contributed by atoms with Crippen LogP contribution in [0.5, 0.6) is 5.75 Å². The molecule has 0 fully saturated rings. The van der Waals surface area contributed by atoms with Crippen LogP contribution in [0.2, 0.25) is 0 Å². The summed E-state index contributed by atoms with van der Waals surface area (Å²) in [5, 5.41) is 29.9. The predicted molar refractivity (Wildman–Crippen MR) is 227 cm³/mol. The number of nitrogens with one attached hydrogen (secondary N) is 2. The molecule has 0 aliphatic heterocycles. The second-order valence-corrected chi connectivity index (χ2v) is 16.3. The lowest BCUT2D eigenvalue weighted by Gasteiger charge is -2.40. The number of amides is 2. The summed E-state index contributed by atoms with van der Waals surface area (Å²) in [5.74, 6) is -4.40. The maximum Gasteiger partial charge on any atom is 0.259 e. The molecule has 3 aromatic carbocycles. The highest BCUT2D eigenvalue weighted by molar-refractivity contribution is 6.02. The van der Waals surface area contributed by atoms with Crippen molar-refractivity contribution in [3.63, 3.8) is 0 Å². The van der Waals surface area contributed by atoms with Crippen LogP contribution in [0.1, 0.15) is 135 Å². The standard InChI is InChI=1S/C49H58N2O7/c1-8-22-46(23-9-2)37-18-14-12-16-32(37)35-27-42(48(54,57-6)29-39(35)46)50-44(52)31-20-21-34(41(26-31)56-5)45(53)51-43-28-36-33-17-13-15-19-38(33)47(24-10-3,25-11-4)40(36)30-49(43,55)58-7/h12-21,26-28,54-55H,8-11,22-25,29-30H2,1-7H3,(H,50,52)(H,51,53). The Balaban J connectivity index is 1.19. The molecule has 2 amide bonds. The van der Waals surface area contributed by atoms with Crippen LogP contribution < -0.4 is 15.4 Å². The number of fused-ring (bicyclic) bond motifs is 4. The molecule has 3 aromatic rings. The number of carbonyl (C=O) groups excluding carboxylic acids is 2. The van der Waals surface area contributed by atoms with Gasteiger partial charge in [0, 0.05) is 43.5 Å². The van der Waals surface area contributed by atoms with E-state index in [1.54, 1.807) is 6.07 Å². The molecular formula is C49H58N2O7. The Kier molecular flexibility index (Phi) is 11.5. The first-order valence-corrected chi connectivity index (χ1v) is 20.9. The van der Waals surface area contributed by atoms with E-state index in [1.165, 1.54) is 44.6 Å². The van der Waals surface area contributed by atoms with E-state index in [-0.39, 0.29) is 51.9 Å². The molecule has 9 heteroatoms. The second kappa shape index (κ2) is 16.1. The fraction of sp³-hybridized carbons (Fsp3) is 0.429. The highest BCUT2D eigenvalue weighted by Gasteiger charge is 2.51. The Morgan fingerprint density at radius 2 is 1.05 bits per heavy atom. The third kappa shape index (κ3) is 6.56. The summed E-state index contributed by atoms with van der Waals surface area (Å²) in [6.45, 7) is 8.75. The number of methoxy groups -OCH3 is 3. The van der Waals surface area contributed by atoms with E-state index in [4.69, 9.17) is 14.2 Å². The van der Waals surface area contributed by atoms with Crippen LogP contribution in [-0.2, 0) is 20.3 Å². The molecular weight excluding hydrogens is 729 g/mol. The number of hydrogen-bond acceptors (Lipinski definition) is 7. The smallest absolute Gasteiger partial charge is 0.259 e. The number of rotatable bonds is 15. The van der Waals surface area contributed by atoms with E-state index >= 15 is 0 Å². The zero-order valence-electron chi connectivity index (χ0n) is 35.0. The summed E-state index contributed by atoms with van der Waals surface area (Å²) in [6.07, 6.45) is 11.8. The lowest BCUT2D eigenvalue weighted by atomic mass is 9.68. The van der Waals surface area contributed by atoms with Gasteiger partial charge in [0.05, 0.1) is 24.1 Å². The highest BCUT2D eigenvalue weighted by Crippen LogP contribution is 2.58. The third-order valence-electron chi connectivity index (χ3n) is 13.1. The largest absolute Gasteiger partial charge is 0.496 e. The molecule has 0 heterocycles. The van der Waals surface area contributed by atoms with Crippen LogP contribution in [-0.4, -0.2) is 54.9 Å². The summed E-state index contributed by atoms with van der Waals surface area (Å²) >= 11 is 0. The molecule has 0 bridgehead atoms. The molecule has 306 valence electrons. The predicted octanol–water partition coefficient (Wildman–Crippen LogP) is 9.01. The maximum atomic E-state index is 14.1. The van der Waals surface area contributed by atoms with Crippen molar-refractivity contribution in [2.75, 3.05) is 21.3 Å². The lowest BCUT2D eigenvalue weighted by molar-refractivity contribution is -0.159. The molecule has 0 aromatic heterocycles. The molecule has 2 atom stereocenters. The minimum Gasteiger partial charge on any atom is -0.496 e. The molecule has 4 aliphatic carbocycles. The van der Waals surface area contributed by atoms with Crippen LogP contribution >= 0.6 is 0 Å². The van der Waals surface area contributed by atoms with Gasteiger partial charge in [-0.3, -0.25) is 9.59 Å². The zero-order chi connectivity index (χ0) is 41.5. The Morgan fingerprint density at radius 3 is 1.47 bits per heavy atom. The van der Waals surface area contributed by atoms with E-state index in [0.29, 0.717) is 0 Å². The van der Waals surface area contributed by atoms with Crippen molar-refractivity contribution in [3.05, 3.63) is 135 Å². The Morgan fingerprint density at radius 1 is 0.621 bits per heavy atom. The summed E-state index contributed by atoms with van der Waals surface area (Å²) in [6, 6.07) is 21.4. The first-order valence-electron chi connectivity index (χ1n) is 20.9. The Bertz CT molecular complexity index is 2240. The van der Waals surface area contributed by atoms with Crippen LogP contribution in [0.3, 0.4) is 0 Å². The van der Waals surface area contributed by atoms with Gasteiger partial charge in [0.1, 0.15) is 5.75 Å². The molecule has 58 heavy (non-hydrogen) atoms. The number of allylic oxidation sites excluding steroid dienone is 4. The van der Waals surface area contributed by atoms with Crippen molar-refractivity contribution in [2.24, 2.45) is 0 Å². The summed E-state index contributed by atoms with van der Waals surface area (Å²) in [5.41, 5.74) is 9.42. The maximum absolute atomic E-state index is 14.1. The van der Waals surface area contributed by atoms with Crippen molar-refractivity contribution in [1.29, 1.82) is 0 Å². The highest BCUT2D eigenvalue weighted by atomic mass is 16.6. The van der Waals surface area contributed by atoms with E-state index in [2.05, 4.69) is 74.7 Å². The van der Waals surface area contributed by atoms with E-state index in [0.717, 1.165) is 84.8 Å². The third-order valence-corrected chi connectivity index (χ3v) is 13.1. The van der Waals surface area contributed by atoms with Crippen LogP contribution in [0.25, 0.3) is 11.1 Å². The molecule has 0 radical (unpaired) electrons. The van der Waals surface area contributed by atoms with Gasteiger partial charge in [0.25, 0.3) is 11.8 Å². The summed E-state index contributed by atoms with van der Waals surface area (Å²) in [4.78, 5) is 28.0. The molecule has 0 saturated carbocycles. The lowest BCUT2D eigenvalue weighted by Crippen LogP contribution is -2.46. The van der Waals surface area contributed by atoms with Gasteiger partial charge in [-0.25, -0.2) is 0 Å². The van der Waals surface area contributed by atoms with Crippen molar-refractivity contribution >= 4 is 23.0 Å². The van der Waals surface area contributed by atoms with Gasteiger partial charge in [0.15, 0.2) is 0 Å². The molecule has 7 rings (SSSR count). The first-order chi connectivity index (χ1) is 27.9. The molecule has 0 spiro atoms. The summed E-state index contributed by atoms with van der Waals surface area (Å²) in [7, 11) is 4.34. The molecule has 2 unspecified atom stereocenters. The van der Waals surface area contributed by atoms with Crippen molar-refractivity contribution in [1.82, 2.24) is 10.6 Å². The number of aliphatic hydroxyl groups is 2. The molecule has 4 aliphatic rings. The van der Waals surface area contributed by atoms with Gasteiger partial charge >= 0.3 is 0 Å². The number of carbonyl (C=O) groups is 2. The minimum atomic E-state index is -1.77. The first kappa shape index (κ1) is 41.4.